The van der Waals surface area contributed by atoms with E-state index in [4.69, 9.17) is 0 Å². The summed E-state index contributed by atoms with van der Waals surface area (Å²) in [5.74, 6) is 0.372. The molecule has 4 nitrogen and oxygen atoms in total. The van der Waals surface area contributed by atoms with Gasteiger partial charge in [-0.1, -0.05) is 6.92 Å². The Balaban J connectivity index is 2.19. The number of aromatic nitrogens is 2. The Bertz CT molecular complexity index is 582. The average molecular weight is 420 g/mol. The SMILES string of the molecule is CCc1cc(NC(=O)c2cc(I)ccc2Br)n[nH]1. The molecule has 0 saturated heterocycles. The van der Waals surface area contributed by atoms with Crippen LogP contribution in [0.25, 0.3) is 0 Å². The molecule has 0 spiro atoms. The van der Waals surface area contributed by atoms with Gasteiger partial charge < -0.3 is 5.32 Å². The lowest BCUT2D eigenvalue weighted by molar-refractivity contribution is 0.102. The van der Waals surface area contributed by atoms with E-state index in [0.29, 0.717) is 11.4 Å². The molecule has 0 saturated carbocycles. The zero-order chi connectivity index (χ0) is 13.1. The van der Waals surface area contributed by atoms with Gasteiger partial charge in [0.2, 0.25) is 0 Å². The summed E-state index contributed by atoms with van der Waals surface area (Å²) in [5, 5.41) is 9.66. The fraction of sp³-hybridized carbons (Fsp3) is 0.167. The van der Waals surface area contributed by atoms with E-state index in [1.807, 2.05) is 31.2 Å². The molecule has 2 N–H and O–H groups in total. The molecule has 6 heteroatoms. The van der Waals surface area contributed by atoms with Crippen molar-refractivity contribution in [2.24, 2.45) is 0 Å². The van der Waals surface area contributed by atoms with Gasteiger partial charge in [-0.2, -0.15) is 5.10 Å². The summed E-state index contributed by atoms with van der Waals surface area (Å²) >= 11 is 5.54. The quantitative estimate of drug-likeness (QED) is 0.747. The number of benzene rings is 1. The summed E-state index contributed by atoms with van der Waals surface area (Å²) in [5.41, 5.74) is 1.59. The number of halogens is 2. The third-order valence-corrected chi connectivity index (χ3v) is 3.79. The number of anilines is 1. The number of amides is 1. The standard InChI is InChI=1S/C12H11BrIN3O/c1-2-8-6-11(17-16-8)15-12(18)9-5-7(14)3-4-10(9)13/h3-6H,2H2,1H3,(H2,15,16,17,18). The molecule has 2 rings (SSSR count). The zero-order valence-electron chi connectivity index (χ0n) is 9.63. The summed E-state index contributed by atoms with van der Waals surface area (Å²) in [6.07, 6.45) is 0.857. The molecule has 1 amide bonds. The van der Waals surface area contributed by atoms with E-state index >= 15 is 0 Å². The molecule has 2 aromatic rings. The Hall–Kier alpha value is -0.890. The fourth-order valence-corrected chi connectivity index (χ4v) is 2.38. The lowest BCUT2D eigenvalue weighted by Crippen LogP contribution is -2.13. The van der Waals surface area contributed by atoms with Gasteiger partial charge in [-0.05, 0) is 63.1 Å². The van der Waals surface area contributed by atoms with Gasteiger partial charge in [-0.3, -0.25) is 9.89 Å². The average Bonchev–Trinajstić information content (AvgIpc) is 2.80. The maximum absolute atomic E-state index is 12.1. The molecule has 0 radical (unpaired) electrons. The fourth-order valence-electron chi connectivity index (χ4n) is 1.46. The van der Waals surface area contributed by atoms with Crippen molar-refractivity contribution < 1.29 is 4.79 Å². The molecule has 1 aromatic carbocycles. The van der Waals surface area contributed by atoms with Gasteiger partial charge in [-0.15, -0.1) is 0 Å². The van der Waals surface area contributed by atoms with Gasteiger partial charge in [0.05, 0.1) is 5.56 Å². The normalized spacial score (nSPS) is 10.4. The van der Waals surface area contributed by atoms with Crippen LogP contribution >= 0.6 is 38.5 Å². The van der Waals surface area contributed by atoms with Crippen molar-refractivity contribution in [3.63, 3.8) is 0 Å². The third-order valence-electron chi connectivity index (χ3n) is 2.43. The third kappa shape index (κ3) is 3.11. The van der Waals surface area contributed by atoms with Crippen molar-refractivity contribution in [3.05, 3.63) is 43.6 Å². The van der Waals surface area contributed by atoms with Crippen molar-refractivity contribution in [2.45, 2.75) is 13.3 Å². The van der Waals surface area contributed by atoms with Crippen LogP contribution in [-0.4, -0.2) is 16.1 Å². The first-order valence-corrected chi connectivity index (χ1v) is 7.28. The van der Waals surface area contributed by atoms with Crippen molar-refractivity contribution >= 4 is 50.2 Å². The number of aromatic amines is 1. The van der Waals surface area contributed by atoms with Gasteiger partial charge in [0.15, 0.2) is 5.82 Å². The molecule has 0 aliphatic rings. The monoisotopic (exact) mass is 419 g/mol. The van der Waals surface area contributed by atoms with Gasteiger partial charge in [0.25, 0.3) is 5.91 Å². The predicted molar refractivity (Wildman–Crippen MR) is 82.8 cm³/mol. The highest BCUT2D eigenvalue weighted by Gasteiger charge is 2.12. The van der Waals surface area contributed by atoms with Crippen molar-refractivity contribution in [2.75, 3.05) is 5.32 Å². The predicted octanol–water partition coefficient (Wildman–Crippen LogP) is 3.59. The summed E-state index contributed by atoms with van der Waals surface area (Å²) in [6.45, 7) is 2.02. The number of nitrogens with zero attached hydrogens (tertiary/aromatic N) is 1. The van der Waals surface area contributed by atoms with Gasteiger partial charge in [0, 0.05) is 19.8 Å². The zero-order valence-corrected chi connectivity index (χ0v) is 13.4. The Morgan fingerprint density at radius 3 is 2.94 bits per heavy atom. The second kappa shape index (κ2) is 5.83. The van der Waals surface area contributed by atoms with E-state index in [9.17, 15) is 4.79 Å². The smallest absolute Gasteiger partial charge is 0.258 e. The summed E-state index contributed by atoms with van der Waals surface area (Å²) < 4.78 is 1.78. The first kappa shape index (κ1) is 13.5. The van der Waals surface area contributed by atoms with Crippen LogP contribution in [0, 0.1) is 3.57 Å². The molecule has 0 atom stereocenters. The minimum absolute atomic E-state index is 0.172. The Kier molecular flexibility index (Phi) is 4.39. The molecule has 0 aliphatic heterocycles. The number of rotatable bonds is 3. The number of nitrogens with one attached hydrogen (secondary N) is 2. The van der Waals surface area contributed by atoms with Crippen LogP contribution in [0.4, 0.5) is 5.82 Å². The highest BCUT2D eigenvalue weighted by molar-refractivity contribution is 14.1. The molecule has 1 heterocycles. The first-order chi connectivity index (χ1) is 8.60. The van der Waals surface area contributed by atoms with E-state index in [1.165, 1.54) is 0 Å². The molecule has 94 valence electrons. The van der Waals surface area contributed by atoms with E-state index in [-0.39, 0.29) is 5.91 Å². The van der Waals surface area contributed by atoms with Crippen molar-refractivity contribution in [3.8, 4) is 0 Å². The lowest BCUT2D eigenvalue weighted by Gasteiger charge is -2.04. The highest BCUT2D eigenvalue weighted by Crippen LogP contribution is 2.20. The minimum atomic E-state index is -0.172. The summed E-state index contributed by atoms with van der Waals surface area (Å²) in [4.78, 5) is 12.1. The van der Waals surface area contributed by atoms with Crippen LogP contribution in [0.5, 0.6) is 0 Å². The minimum Gasteiger partial charge on any atom is -0.305 e. The topological polar surface area (TPSA) is 57.8 Å². The van der Waals surface area contributed by atoms with Crippen LogP contribution in [0.1, 0.15) is 23.0 Å². The number of H-pyrrole nitrogens is 1. The molecule has 0 bridgehead atoms. The maximum atomic E-state index is 12.1. The van der Waals surface area contributed by atoms with E-state index < -0.39 is 0 Å². The van der Waals surface area contributed by atoms with Crippen LogP contribution in [0.3, 0.4) is 0 Å². The Labute approximate surface area is 127 Å². The number of carbonyl (C=O) groups is 1. The largest absolute Gasteiger partial charge is 0.305 e. The molecule has 1 aromatic heterocycles. The number of aryl methyl sites for hydroxylation is 1. The molecule has 0 fully saturated rings. The van der Waals surface area contributed by atoms with Crippen LogP contribution < -0.4 is 5.32 Å². The molecular weight excluding hydrogens is 409 g/mol. The van der Waals surface area contributed by atoms with E-state index in [0.717, 1.165) is 20.2 Å². The van der Waals surface area contributed by atoms with Crippen LogP contribution in [0.15, 0.2) is 28.7 Å². The second-order valence-corrected chi connectivity index (χ2v) is 5.81. The second-order valence-electron chi connectivity index (χ2n) is 3.71. The Morgan fingerprint density at radius 2 is 2.28 bits per heavy atom. The van der Waals surface area contributed by atoms with Crippen LogP contribution in [0.2, 0.25) is 0 Å². The highest BCUT2D eigenvalue weighted by atomic mass is 127. The summed E-state index contributed by atoms with van der Waals surface area (Å²) in [6, 6.07) is 7.46. The summed E-state index contributed by atoms with van der Waals surface area (Å²) in [7, 11) is 0. The molecule has 0 unspecified atom stereocenters. The molecule has 18 heavy (non-hydrogen) atoms. The van der Waals surface area contributed by atoms with Gasteiger partial charge in [-0.25, -0.2) is 0 Å². The van der Waals surface area contributed by atoms with E-state index in [2.05, 4.69) is 54.0 Å². The molecular formula is C12H11BrIN3O. The van der Waals surface area contributed by atoms with Gasteiger partial charge in [0.1, 0.15) is 0 Å². The van der Waals surface area contributed by atoms with Gasteiger partial charge >= 0.3 is 0 Å². The van der Waals surface area contributed by atoms with Crippen LogP contribution in [-0.2, 0) is 6.42 Å². The molecule has 0 aliphatic carbocycles. The number of hydrogen-bond donors (Lipinski definition) is 2. The van der Waals surface area contributed by atoms with Crippen molar-refractivity contribution in [1.29, 1.82) is 0 Å². The lowest BCUT2D eigenvalue weighted by atomic mass is 10.2. The number of hydrogen-bond acceptors (Lipinski definition) is 2. The maximum Gasteiger partial charge on any atom is 0.258 e. The van der Waals surface area contributed by atoms with E-state index in [1.54, 1.807) is 0 Å². The number of carbonyl (C=O) groups excluding carboxylic acids is 1. The Morgan fingerprint density at radius 1 is 1.50 bits per heavy atom. The van der Waals surface area contributed by atoms with Crippen molar-refractivity contribution in [1.82, 2.24) is 10.2 Å². The first-order valence-electron chi connectivity index (χ1n) is 5.41.